The lowest BCUT2D eigenvalue weighted by Crippen LogP contribution is -2.40. The topological polar surface area (TPSA) is 95.5 Å². The van der Waals surface area contributed by atoms with Crippen molar-refractivity contribution in [2.45, 2.75) is 19.3 Å². The molecule has 6 nitrogen and oxygen atoms in total. The van der Waals surface area contributed by atoms with E-state index >= 15 is 0 Å². The molecule has 3 N–H and O–H groups in total. The molecule has 7 heteroatoms. The monoisotopic (exact) mass is 272 g/mol. The summed E-state index contributed by atoms with van der Waals surface area (Å²) in [5.41, 5.74) is 0. The van der Waals surface area contributed by atoms with Crippen LogP contribution in [-0.4, -0.2) is 41.1 Å². The molecule has 0 bridgehead atoms. The smallest absolute Gasteiger partial charge is 0.321 e. The predicted octanol–water partition coefficient (Wildman–Crippen LogP) is 0.433. The van der Waals surface area contributed by atoms with Crippen molar-refractivity contribution >= 4 is 29.7 Å². The normalized spacial score (nSPS) is 9.28. The van der Waals surface area contributed by atoms with Crippen LogP contribution in [0, 0.1) is 12.3 Å². The van der Waals surface area contributed by atoms with Gasteiger partial charge in [0.05, 0.1) is 5.75 Å². The van der Waals surface area contributed by atoms with Gasteiger partial charge in [-0.2, -0.15) is 0 Å². The van der Waals surface area contributed by atoms with E-state index in [1.165, 1.54) is 11.8 Å². The third-order valence-corrected chi connectivity index (χ3v) is 2.63. The molecule has 0 aliphatic heterocycles. The van der Waals surface area contributed by atoms with Crippen molar-refractivity contribution in [1.29, 1.82) is 0 Å². The number of hydrogen-bond acceptors (Lipinski definition) is 4. The number of amides is 3. The molecule has 3 amide bonds. The highest BCUT2D eigenvalue weighted by Crippen LogP contribution is 1.96. The Hall–Kier alpha value is -1.68. The number of carbonyl (C=O) groups excluding carboxylic acids is 2. The van der Waals surface area contributed by atoms with E-state index in [1.807, 2.05) is 0 Å². The number of nitrogens with one attached hydrogen (secondary N) is 2. The largest absolute Gasteiger partial charge is 0.481 e. The zero-order valence-electron chi connectivity index (χ0n) is 9.90. The first-order chi connectivity index (χ1) is 8.56. The van der Waals surface area contributed by atoms with E-state index in [2.05, 4.69) is 16.6 Å². The average molecular weight is 272 g/mol. The lowest BCUT2D eigenvalue weighted by molar-refractivity contribution is -0.137. The third-order valence-electron chi connectivity index (χ3n) is 1.76. The summed E-state index contributed by atoms with van der Waals surface area (Å²) in [6.45, 7) is 0.417. The summed E-state index contributed by atoms with van der Waals surface area (Å²) in [5.74, 6) is 2.26. The van der Waals surface area contributed by atoms with Crippen molar-refractivity contribution in [2.75, 3.05) is 18.1 Å². The Bertz CT molecular complexity index is 338. The molecule has 0 aromatic heterocycles. The van der Waals surface area contributed by atoms with E-state index < -0.39 is 17.9 Å². The SMILES string of the molecule is C#CCSCCNC(=O)NC(=O)CCCC(=O)O. The first-order valence-electron chi connectivity index (χ1n) is 5.37. The van der Waals surface area contributed by atoms with E-state index in [1.54, 1.807) is 0 Å². The molecule has 0 aliphatic rings. The molecular weight excluding hydrogens is 256 g/mol. The Kier molecular flexibility index (Phi) is 9.50. The first-order valence-corrected chi connectivity index (χ1v) is 6.52. The average Bonchev–Trinajstić information content (AvgIpc) is 2.28. The third kappa shape index (κ3) is 10.8. The Morgan fingerprint density at radius 3 is 2.61 bits per heavy atom. The molecule has 18 heavy (non-hydrogen) atoms. The number of aliphatic carboxylic acids is 1. The van der Waals surface area contributed by atoms with Gasteiger partial charge in [-0.1, -0.05) is 5.92 Å². The number of thioether (sulfide) groups is 1. The number of carboxylic acid groups (broad SMARTS) is 1. The second-order valence-corrected chi connectivity index (χ2v) is 4.41. The van der Waals surface area contributed by atoms with Gasteiger partial charge in [-0.15, -0.1) is 18.2 Å². The second-order valence-electron chi connectivity index (χ2n) is 3.31. The van der Waals surface area contributed by atoms with Crippen LogP contribution in [-0.2, 0) is 9.59 Å². The molecule has 0 heterocycles. The highest BCUT2D eigenvalue weighted by molar-refractivity contribution is 7.99. The molecule has 0 atom stereocenters. The lowest BCUT2D eigenvalue weighted by atomic mass is 10.2. The van der Waals surface area contributed by atoms with Crippen LogP contribution in [0.2, 0.25) is 0 Å². The zero-order valence-corrected chi connectivity index (χ0v) is 10.7. The Morgan fingerprint density at radius 2 is 2.00 bits per heavy atom. The molecule has 100 valence electrons. The van der Waals surface area contributed by atoms with Gasteiger partial charge in [0, 0.05) is 25.1 Å². The van der Waals surface area contributed by atoms with E-state index in [-0.39, 0.29) is 19.3 Å². The van der Waals surface area contributed by atoms with Crippen molar-refractivity contribution in [3.63, 3.8) is 0 Å². The molecule has 0 rings (SSSR count). The van der Waals surface area contributed by atoms with Gasteiger partial charge in [0.15, 0.2) is 0 Å². The summed E-state index contributed by atoms with van der Waals surface area (Å²) in [4.78, 5) is 32.6. The highest BCUT2D eigenvalue weighted by atomic mass is 32.2. The van der Waals surface area contributed by atoms with E-state index in [0.29, 0.717) is 18.1 Å². The Morgan fingerprint density at radius 1 is 1.28 bits per heavy atom. The maximum Gasteiger partial charge on any atom is 0.321 e. The number of urea groups is 1. The van der Waals surface area contributed by atoms with Crippen LogP contribution in [0.25, 0.3) is 0 Å². The fourth-order valence-corrected chi connectivity index (χ4v) is 1.51. The highest BCUT2D eigenvalue weighted by Gasteiger charge is 2.07. The van der Waals surface area contributed by atoms with Crippen LogP contribution >= 0.6 is 11.8 Å². The van der Waals surface area contributed by atoms with Gasteiger partial charge in [0.2, 0.25) is 5.91 Å². The summed E-state index contributed by atoms with van der Waals surface area (Å²) >= 11 is 1.50. The van der Waals surface area contributed by atoms with Gasteiger partial charge in [0.1, 0.15) is 0 Å². The molecule has 0 saturated heterocycles. The van der Waals surface area contributed by atoms with Crippen LogP contribution in [0.15, 0.2) is 0 Å². The van der Waals surface area contributed by atoms with Crippen molar-refractivity contribution < 1.29 is 19.5 Å². The molecule has 0 spiro atoms. The van der Waals surface area contributed by atoms with E-state index in [0.717, 1.165) is 0 Å². The Balaban J connectivity index is 3.53. The van der Waals surface area contributed by atoms with Gasteiger partial charge in [-0.25, -0.2) is 4.79 Å². The van der Waals surface area contributed by atoms with Crippen LogP contribution in [0.5, 0.6) is 0 Å². The zero-order chi connectivity index (χ0) is 13.8. The van der Waals surface area contributed by atoms with Crippen molar-refractivity contribution in [3.05, 3.63) is 0 Å². The molecule has 0 aromatic rings. The number of carboxylic acids is 1. The predicted molar refractivity (Wildman–Crippen MR) is 69.2 cm³/mol. The minimum Gasteiger partial charge on any atom is -0.481 e. The van der Waals surface area contributed by atoms with Gasteiger partial charge >= 0.3 is 12.0 Å². The Labute approximate surface area is 110 Å². The van der Waals surface area contributed by atoms with Gasteiger partial charge in [0.25, 0.3) is 0 Å². The quantitative estimate of drug-likeness (QED) is 0.440. The van der Waals surface area contributed by atoms with Crippen LogP contribution in [0.1, 0.15) is 19.3 Å². The van der Waals surface area contributed by atoms with E-state index in [4.69, 9.17) is 11.5 Å². The molecule has 0 unspecified atom stereocenters. The van der Waals surface area contributed by atoms with Crippen molar-refractivity contribution in [2.24, 2.45) is 0 Å². The number of hydrogen-bond donors (Lipinski definition) is 3. The fraction of sp³-hybridized carbons (Fsp3) is 0.545. The van der Waals surface area contributed by atoms with Crippen LogP contribution in [0.3, 0.4) is 0 Å². The molecule has 0 aliphatic carbocycles. The maximum atomic E-state index is 11.2. The number of rotatable bonds is 8. The van der Waals surface area contributed by atoms with Gasteiger partial charge < -0.3 is 10.4 Å². The van der Waals surface area contributed by atoms with Gasteiger partial charge in [-0.3, -0.25) is 14.9 Å². The maximum absolute atomic E-state index is 11.2. The minimum absolute atomic E-state index is 0.0194. The van der Waals surface area contributed by atoms with Gasteiger partial charge in [-0.05, 0) is 6.42 Å². The fourth-order valence-electron chi connectivity index (χ4n) is 1.00. The molecule has 0 aromatic carbocycles. The van der Waals surface area contributed by atoms with Crippen molar-refractivity contribution in [1.82, 2.24) is 10.6 Å². The minimum atomic E-state index is -0.960. The molecule has 0 saturated carbocycles. The first kappa shape index (κ1) is 16.3. The van der Waals surface area contributed by atoms with E-state index in [9.17, 15) is 14.4 Å². The number of carbonyl (C=O) groups is 3. The summed E-state index contributed by atoms with van der Waals surface area (Å²) in [7, 11) is 0. The summed E-state index contributed by atoms with van der Waals surface area (Å²) in [5, 5.41) is 13.0. The van der Waals surface area contributed by atoms with Crippen LogP contribution < -0.4 is 10.6 Å². The standard InChI is InChI=1S/C11H16N2O4S/c1-2-7-18-8-6-12-11(17)13-9(14)4-3-5-10(15)16/h1H,3-8H2,(H,15,16)(H2,12,13,14,17). The molecule has 0 radical (unpaired) electrons. The molecule has 0 fully saturated rings. The summed E-state index contributed by atoms with van der Waals surface area (Å²) in [6.07, 6.45) is 5.20. The summed E-state index contributed by atoms with van der Waals surface area (Å²) < 4.78 is 0. The second kappa shape index (κ2) is 10.5. The summed E-state index contributed by atoms with van der Waals surface area (Å²) in [6, 6.07) is -0.573. The lowest BCUT2D eigenvalue weighted by Gasteiger charge is -2.05. The van der Waals surface area contributed by atoms with Crippen molar-refractivity contribution in [3.8, 4) is 12.3 Å². The number of imide groups is 1. The van der Waals surface area contributed by atoms with Crippen LogP contribution in [0.4, 0.5) is 4.79 Å². The molecular formula is C11H16N2O4S. The number of terminal acetylenes is 1.